The zero-order valence-corrected chi connectivity index (χ0v) is 15.7. The largest absolute Gasteiger partial charge is 0.504 e. The van der Waals surface area contributed by atoms with Crippen molar-refractivity contribution < 1.29 is 38.8 Å². The Morgan fingerprint density at radius 2 is 1.85 bits per heavy atom. The van der Waals surface area contributed by atoms with E-state index < -0.39 is 41.1 Å². The Morgan fingerprint density at radius 1 is 1.22 bits per heavy atom. The lowest BCUT2D eigenvalue weighted by atomic mass is 9.61. The maximum atomic E-state index is 12.6. The SMILES string of the molecule is CCOc1cc([C@H]2[C@@H](C(=O)OC)C(=O)C[C@@](C)(O)[C@@H]2C(=O)OC)ccc1O. The van der Waals surface area contributed by atoms with Crippen LogP contribution >= 0.6 is 0 Å². The smallest absolute Gasteiger partial charge is 0.316 e. The fourth-order valence-electron chi connectivity index (χ4n) is 3.68. The van der Waals surface area contributed by atoms with Gasteiger partial charge >= 0.3 is 11.9 Å². The molecule has 1 aromatic rings. The number of methoxy groups -OCH3 is 2. The third-order valence-electron chi connectivity index (χ3n) is 4.85. The van der Waals surface area contributed by atoms with Crippen LogP contribution in [0.15, 0.2) is 18.2 Å². The van der Waals surface area contributed by atoms with Crippen LogP contribution in [0.5, 0.6) is 11.5 Å². The van der Waals surface area contributed by atoms with E-state index in [1.165, 1.54) is 32.2 Å². The van der Waals surface area contributed by atoms with Gasteiger partial charge in [-0.25, -0.2) is 0 Å². The fraction of sp³-hybridized carbons (Fsp3) is 0.526. The van der Waals surface area contributed by atoms with E-state index in [1.807, 2.05) is 0 Å². The molecule has 0 bridgehead atoms. The molecule has 27 heavy (non-hydrogen) atoms. The first-order chi connectivity index (χ1) is 12.7. The summed E-state index contributed by atoms with van der Waals surface area (Å²) in [6.45, 7) is 3.37. The van der Waals surface area contributed by atoms with Gasteiger partial charge in [0.15, 0.2) is 17.3 Å². The summed E-state index contributed by atoms with van der Waals surface area (Å²) in [5, 5.41) is 20.7. The Bertz CT molecular complexity index is 739. The third-order valence-corrected chi connectivity index (χ3v) is 4.85. The van der Waals surface area contributed by atoms with Gasteiger partial charge in [0.1, 0.15) is 5.92 Å². The van der Waals surface area contributed by atoms with E-state index in [9.17, 15) is 24.6 Å². The second-order valence-electron chi connectivity index (χ2n) is 6.69. The van der Waals surface area contributed by atoms with E-state index in [2.05, 4.69) is 0 Å². The van der Waals surface area contributed by atoms with E-state index in [0.29, 0.717) is 5.56 Å². The highest BCUT2D eigenvalue weighted by Gasteiger charge is 2.57. The summed E-state index contributed by atoms with van der Waals surface area (Å²) in [7, 11) is 2.32. The molecule has 148 valence electrons. The van der Waals surface area contributed by atoms with E-state index >= 15 is 0 Å². The molecule has 0 radical (unpaired) electrons. The van der Waals surface area contributed by atoms with Gasteiger partial charge in [0.05, 0.1) is 32.3 Å². The summed E-state index contributed by atoms with van der Waals surface area (Å²) in [5.41, 5.74) is -1.35. The normalized spacial score (nSPS) is 27.7. The number of carbonyl (C=O) groups excluding carboxylic acids is 3. The predicted octanol–water partition coefficient (Wildman–Crippen LogP) is 1.18. The van der Waals surface area contributed by atoms with Gasteiger partial charge in [0.2, 0.25) is 0 Å². The van der Waals surface area contributed by atoms with Crippen LogP contribution in [0, 0.1) is 11.8 Å². The first kappa shape index (κ1) is 20.7. The Hall–Kier alpha value is -2.61. The number of aromatic hydroxyl groups is 1. The second-order valence-corrected chi connectivity index (χ2v) is 6.69. The summed E-state index contributed by atoms with van der Waals surface area (Å²) in [4.78, 5) is 37.5. The van der Waals surface area contributed by atoms with Crippen molar-refractivity contribution >= 4 is 17.7 Å². The minimum absolute atomic E-state index is 0.126. The Labute approximate surface area is 157 Å². The van der Waals surface area contributed by atoms with Crippen LogP contribution < -0.4 is 4.74 Å². The van der Waals surface area contributed by atoms with Gasteiger partial charge in [0, 0.05) is 12.3 Å². The van der Waals surface area contributed by atoms with E-state index in [1.54, 1.807) is 6.92 Å². The van der Waals surface area contributed by atoms with Gasteiger partial charge in [-0.1, -0.05) is 6.07 Å². The van der Waals surface area contributed by atoms with Crippen molar-refractivity contribution in [1.29, 1.82) is 0 Å². The molecule has 0 aromatic heterocycles. The standard InChI is InChI=1S/C19H24O8/c1-5-27-13-8-10(6-7-11(13)20)14-15(17(22)25-3)12(21)9-19(2,24)16(14)18(23)26-4/h6-8,14-16,20,24H,5,9H2,1-4H3/t14-,15-,16-,19+/m0/s1. The number of rotatable bonds is 5. The lowest BCUT2D eigenvalue weighted by Gasteiger charge is -2.43. The number of hydrogen-bond acceptors (Lipinski definition) is 8. The zero-order valence-electron chi connectivity index (χ0n) is 15.7. The monoisotopic (exact) mass is 380 g/mol. The molecule has 0 aliphatic heterocycles. The van der Waals surface area contributed by atoms with Crippen LogP contribution in [-0.4, -0.2) is 54.4 Å². The summed E-state index contributed by atoms with van der Waals surface area (Å²) in [5.74, 6) is -5.61. The molecule has 0 heterocycles. The summed E-state index contributed by atoms with van der Waals surface area (Å²) < 4.78 is 15.0. The van der Waals surface area contributed by atoms with Crippen molar-refractivity contribution in [3.63, 3.8) is 0 Å². The molecule has 1 fully saturated rings. The molecule has 1 aromatic carbocycles. The highest BCUT2D eigenvalue weighted by Crippen LogP contribution is 2.47. The number of ether oxygens (including phenoxy) is 3. The van der Waals surface area contributed by atoms with Crippen LogP contribution in [0.2, 0.25) is 0 Å². The maximum Gasteiger partial charge on any atom is 0.316 e. The van der Waals surface area contributed by atoms with Crippen LogP contribution in [-0.2, 0) is 23.9 Å². The Balaban J connectivity index is 2.67. The van der Waals surface area contributed by atoms with Crippen molar-refractivity contribution in [3.05, 3.63) is 23.8 Å². The van der Waals surface area contributed by atoms with Gasteiger partial charge in [-0.2, -0.15) is 0 Å². The molecular formula is C19H24O8. The number of carbonyl (C=O) groups is 3. The summed E-state index contributed by atoms with van der Waals surface area (Å²) in [6.07, 6.45) is -0.389. The van der Waals surface area contributed by atoms with Crippen molar-refractivity contribution in [2.24, 2.45) is 11.8 Å². The van der Waals surface area contributed by atoms with Crippen molar-refractivity contribution in [2.45, 2.75) is 31.8 Å². The molecule has 0 unspecified atom stereocenters. The number of benzene rings is 1. The van der Waals surface area contributed by atoms with Gasteiger partial charge in [-0.3, -0.25) is 14.4 Å². The molecule has 1 aliphatic carbocycles. The Kier molecular flexibility index (Phi) is 6.10. The van der Waals surface area contributed by atoms with Crippen LogP contribution in [0.3, 0.4) is 0 Å². The number of hydrogen-bond donors (Lipinski definition) is 2. The molecule has 2 N–H and O–H groups in total. The molecular weight excluding hydrogens is 356 g/mol. The van der Waals surface area contributed by atoms with Crippen LogP contribution in [0.4, 0.5) is 0 Å². The first-order valence-electron chi connectivity index (χ1n) is 8.54. The first-order valence-corrected chi connectivity index (χ1v) is 8.54. The Morgan fingerprint density at radius 3 is 2.41 bits per heavy atom. The molecule has 1 saturated carbocycles. The molecule has 2 rings (SSSR count). The van der Waals surface area contributed by atoms with Gasteiger partial charge in [-0.05, 0) is 31.5 Å². The zero-order chi connectivity index (χ0) is 20.4. The average Bonchev–Trinajstić information content (AvgIpc) is 2.61. The quantitative estimate of drug-likeness (QED) is 0.577. The van der Waals surface area contributed by atoms with E-state index in [0.717, 1.165) is 7.11 Å². The summed E-state index contributed by atoms with van der Waals surface area (Å²) in [6, 6.07) is 4.27. The predicted molar refractivity (Wildman–Crippen MR) is 93.3 cm³/mol. The maximum absolute atomic E-state index is 12.6. The molecule has 4 atom stereocenters. The number of aliphatic hydroxyl groups is 1. The highest BCUT2D eigenvalue weighted by atomic mass is 16.5. The minimum atomic E-state index is -1.72. The van der Waals surface area contributed by atoms with Gasteiger partial charge in [0.25, 0.3) is 0 Å². The topological polar surface area (TPSA) is 119 Å². The van der Waals surface area contributed by atoms with Gasteiger partial charge < -0.3 is 24.4 Å². The fourth-order valence-corrected chi connectivity index (χ4v) is 3.68. The number of phenols is 1. The van der Waals surface area contributed by atoms with Crippen molar-refractivity contribution in [3.8, 4) is 11.5 Å². The molecule has 0 saturated heterocycles. The van der Waals surface area contributed by atoms with Crippen molar-refractivity contribution in [1.82, 2.24) is 0 Å². The lowest BCUT2D eigenvalue weighted by molar-refractivity contribution is -0.170. The number of Topliss-reactive ketones (excluding diaryl/α,β-unsaturated/α-hetero) is 1. The van der Waals surface area contributed by atoms with Gasteiger partial charge in [-0.15, -0.1) is 0 Å². The van der Waals surface area contributed by atoms with Crippen LogP contribution in [0.25, 0.3) is 0 Å². The minimum Gasteiger partial charge on any atom is -0.504 e. The lowest BCUT2D eigenvalue weighted by Crippen LogP contribution is -2.55. The number of ketones is 1. The van der Waals surface area contributed by atoms with E-state index in [4.69, 9.17) is 14.2 Å². The second kappa shape index (κ2) is 7.96. The van der Waals surface area contributed by atoms with Crippen LogP contribution in [0.1, 0.15) is 31.7 Å². The number of esters is 2. The number of phenolic OH excluding ortho intramolecular Hbond substituents is 1. The summed E-state index contributed by atoms with van der Waals surface area (Å²) >= 11 is 0. The molecule has 0 spiro atoms. The molecule has 8 heteroatoms. The van der Waals surface area contributed by atoms with E-state index in [-0.39, 0.29) is 24.5 Å². The molecule has 8 nitrogen and oxygen atoms in total. The molecule has 1 aliphatic rings. The molecule has 0 amide bonds. The average molecular weight is 380 g/mol. The van der Waals surface area contributed by atoms with Crippen molar-refractivity contribution in [2.75, 3.05) is 20.8 Å². The third kappa shape index (κ3) is 3.90. The highest BCUT2D eigenvalue weighted by molar-refractivity contribution is 6.02.